The first-order chi connectivity index (χ1) is 46.4. The highest BCUT2D eigenvalue weighted by molar-refractivity contribution is 7.02. The van der Waals surface area contributed by atoms with Crippen LogP contribution in [0.25, 0.3) is 44.5 Å². The minimum Gasteiger partial charge on any atom is -0.458 e. The fraction of sp³-hybridized carbons (Fsp3) is 0.209. The molecule has 0 unspecified atom stereocenters. The van der Waals surface area contributed by atoms with Crippen LogP contribution in [0.3, 0.4) is 0 Å². The van der Waals surface area contributed by atoms with Crippen LogP contribution in [0.2, 0.25) is 0 Å². The number of nitrogens with zero attached hydrogens (tertiary/aromatic N) is 3. The molecule has 474 valence electrons. The topological polar surface area (TPSA) is 19.0 Å². The first-order valence-corrected chi connectivity index (χ1v) is 35.0. The molecular weight excluding hydrogens is 1170 g/mol. The summed E-state index contributed by atoms with van der Waals surface area (Å²) in [5, 5.41) is 0. The average molecular weight is 1260 g/mol. The van der Waals surface area contributed by atoms with Gasteiger partial charge in [-0.3, -0.25) is 0 Å². The third-order valence-electron chi connectivity index (χ3n) is 21.8. The van der Waals surface area contributed by atoms with Gasteiger partial charge in [0.2, 0.25) is 0 Å². The lowest BCUT2D eigenvalue weighted by atomic mass is 9.30. The van der Waals surface area contributed by atoms with Crippen molar-refractivity contribution in [1.29, 1.82) is 0 Å². The molecule has 12 aromatic rings. The van der Waals surface area contributed by atoms with Gasteiger partial charge in [0, 0.05) is 68.1 Å². The monoisotopic (exact) mass is 1260 g/mol. The quantitative estimate of drug-likeness (QED) is 0.154. The molecule has 6 heteroatoms. The molecule has 5 aliphatic rings. The molecule has 4 aliphatic heterocycles. The van der Waals surface area contributed by atoms with E-state index in [1.165, 1.54) is 117 Å². The van der Waals surface area contributed by atoms with Gasteiger partial charge in [-0.1, -0.05) is 267 Å². The summed E-state index contributed by atoms with van der Waals surface area (Å²) < 4.78 is 8.07. The van der Waals surface area contributed by atoms with Gasteiger partial charge in [0.1, 0.15) is 11.5 Å². The number of hydrogen-bond donors (Lipinski definition) is 0. The molecule has 4 heterocycles. The minimum absolute atomic E-state index is 0.131. The Hall–Kier alpha value is -10.0. The van der Waals surface area contributed by atoms with Crippen LogP contribution in [-0.2, 0) is 27.1 Å². The van der Waals surface area contributed by atoms with Crippen molar-refractivity contribution in [1.82, 2.24) is 0 Å². The second kappa shape index (κ2) is 21.5. The molecule has 0 saturated heterocycles. The van der Waals surface area contributed by atoms with Crippen LogP contribution in [0.4, 0.5) is 51.2 Å². The standard InChI is InChI=1S/C91H83B2N3O/c1-87(2,3)59-47-60(88(4,5)6)49-64(48-59)95-77-55-81-74(54-73(77)92-71-41-26-28-43-75(71)94(63-35-22-17-23-36-63)79-52-62(90(10,11)12)53-80(95)84(79)92)93-72-42-27-29-44-76(72)96(86-68(56-31-18-15-19-32-56)50-61(89(7,8)9)51-69(86)57-33-20-16-21-34-57)78-45-58(46-82(97-81)85(78)93)65-38-30-39-67-66-37-24-25-40-70(66)91(13,14)83(65)67/h15-55H,1-14H3. The van der Waals surface area contributed by atoms with Crippen molar-refractivity contribution in [2.45, 2.75) is 124 Å². The van der Waals surface area contributed by atoms with Crippen LogP contribution in [0.1, 0.15) is 130 Å². The molecule has 0 spiro atoms. The average Bonchev–Trinajstić information content (AvgIpc) is 1.26. The molecule has 0 fully saturated rings. The fourth-order valence-corrected chi connectivity index (χ4v) is 16.8. The Kier molecular flexibility index (Phi) is 13.4. The third kappa shape index (κ3) is 9.47. The van der Waals surface area contributed by atoms with E-state index >= 15 is 0 Å². The normalized spacial score (nSPS) is 14.6. The van der Waals surface area contributed by atoms with Gasteiger partial charge >= 0.3 is 0 Å². The van der Waals surface area contributed by atoms with Crippen LogP contribution in [0, 0.1) is 0 Å². The molecule has 97 heavy (non-hydrogen) atoms. The fourth-order valence-electron chi connectivity index (χ4n) is 16.8. The highest BCUT2D eigenvalue weighted by atomic mass is 16.5. The van der Waals surface area contributed by atoms with Crippen LogP contribution in [-0.4, -0.2) is 13.4 Å². The van der Waals surface area contributed by atoms with Crippen LogP contribution < -0.4 is 52.2 Å². The summed E-state index contributed by atoms with van der Waals surface area (Å²) in [7, 11) is 0. The maximum atomic E-state index is 8.07. The number of benzene rings is 12. The van der Waals surface area contributed by atoms with Gasteiger partial charge in [0.25, 0.3) is 13.4 Å². The molecule has 0 saturated carbocycles. The van der Waals surface area contributed by atoms with Gasteiger partial charge in [0.15, 0.2) is 0 Å². The second-order valence-corrected chi connectivity index (χ2v) is 32.5. The lowest BCUT2D eigenvalue weighted by Gasteiger charge is -2.46. The van der Waals surface area contributed by atoms with Crippen molar-refractivity contribution < 1.29 is 4.74 Å². The molecule has 17 rings (SSSR count). The van der Waals surface area contributed by atoms with Crippen molar-refractivity contribution in [3.63, 3.8) is 0 Å². The van der Waals surface area contributed by atoms with Crippen LogP contribution in [0.15, 0.2) is 249 Å². The molecule has 0 aromatic heterocycles. The molecule has 0 bridgehead atoms. The van der Waals surface area contributed by atoms with Crippen molar-refractivity contribution in [3.8, 4) is 56.0 Å². The number of fused-ring (bicyclic) bond motifs is 11. The molecule has 0 amide bonds. The Bertz CT molecular complexity index is 5140. The minimum atomic E-state index is -0.278. The predicted octanol–water partition coefficient (Wildman–Crippen LogP) is 20.7. The number of anilines is 9. The van der Waals surface area contributed by atoms with Gasteiger partial charge in [0.05, 0.1) is 5.69 Å². The van der Waals surface area contributed by atoms with Crippen molar-refractivity contribution in [2.75, 3.05) is 14.7 Å². The highest BCUT2D eigenvalue weighted by Gasteiger charge is 2.49. The van der Waals surface area contributed by atoms with Crippen LogP contribution in [0.5, 0.6) is 11.5 Å². The largest absolute Gasteiger partial charge is 0.458 e. The number of ether oxygens (including phenoxy) is 1. The van der Waals surface area contributed by atoms with Gasteiger partial charge < -0.3 is 19.4 Å². The first-order valence-electron chi connectivity index (χ1n) is 35.0. The van der Waals surface area contributed by atoms with E-state index in [0.717, 1.165) is 56.6 Å². The van der Waals surface area contributed by atoms with E-state index in [4.69, 9.17) is 4.74 Å². The van der Waals surface area contributed by atoms with Crippen molar-refractivity contribution >= 4 is 97.4 Å². The van der Waals surface area contributed by atoms with E-state index in [0.29, 0.717) is 0 Å². The Balaban J connectivity index is 0.993. The molecule has 4 nitrogen and oxygen atoms in total. The van der Waals surface area contributed by atoms with Crippen molar-refractivity contribution in [2.24, 2.45) is 0 Å². The van der Waals surface area contributed by atoms with Gasteiger partial charge in [-0.05, 0) is 194 Å². The lowest BCUT2D eigenvalue weighted by molar-refractivity contribution is 0.488. The predicted molar refractivity (Wildman–Crippen MR) is 415 cm³/mol. The van der Waals surface area contributed by atoms with Crippen LogP contribution >= 0.6 is 0 Å². The maximum absolute atomic E-state index is 8.07. The smallest absolute Gasteiger partial charge is 0.256 e. The van der Waals surface area contributed by atoms with E-state index in [1.807, 2.05) is 0 Å². The molecule has 1 aliphatic carbocycles. The zero-order chi connectivity index (χ0) is 67.0. The Morgan fingerprint density at radius 3 is 1.35 bits per heavy atom. The molecular formula is C91H83B2N3O. The van der Waals surface area contributed by atoms with Gasteiger partial charge in [-0.25, -0.2) is 0 Å². The summed E-state index contributed by atoms with van der Waals surface area (Å²) >= 11 is 0. The molecule has 0 radical (unpaired) electrons. The summed E-state index contributed by atoms with van der Waals surface area (Å²) in [5.41, 5.74) is 34.4. The summed E-state index contributed by atoms with van der Waals surface area (Å²) in [6.07, 6.45) is 0. The summed E-state index contributed by atoms with van der Waals surface area (Å²) in [6, 6.07) is 95.2. The zero-order valence-electron chi connectivity index (χ0n) is 58.6. The SMILES string of the molecule is CC(C)(C)c1cc(N2c3cc4c(cc3B3c5ccccc5N(c5ccccc5)c5cc(C(C)(C)C)cc2c53)B2c3ccccc3N(c3c(-c5ccccc5)cc(C(C)(C)C)cc3-c3ccccc3)c3cc(-c5cccc6c5C(C)(C)c5ccccc5-6)cc(c32)O4)cc(C(C)(C)C)c1. The molecule has 12 aromatic carbocycles. The van der Waals surface area contributed by atoms with E-state index in [2.05, 4.69) is 360 Å². The van der Waals surface area contributed by atoms with E-state index in [1.54, 1.807) is 0 Å². The van der Waals surface area contributed by atoms with Gasteiger partial charge in [-0.15, -0.1) is 0 Å². The zero-order valence-corrected chi connectivity index (χ0v) is 58.6. The highest BCUT2D eigenvalue weighted by Crippen LogP contribution is 2.56. The summed E-state index contributed by atoms with van der Waals surface area (Å²) in [5.74, 6) is 1.74. The summed E-state index contributed by atoms with van der Waals surface area (Å²) in [4.78, 5) is 7.83. The van der Waals surface area contributed by atoms with E-state index in [9.17, 15) is 0 Å². The number of hydrogen-bond acceptors (Lipinski definition) is 4. The lowest BCUT2D eigenvalue weighted by Crippen LogP contribution is -2.64. The van der Waals surface area contributed by atoms with E-state index in [-0.39, 0.29) is 40.5 Å². The number of rotatable bonds is 6. The second-order valence-electron chi connectivity index (χ2n) is 32.5. The van der Waals surface area contributed by atoms with Crippen molar-refractivity contribution in [3.05, 3.63) is 282 Å². The first kappa shape index (κ1) is 60.6. The number of para-hydroxylation sites is 3. The summed E-state index contributed by atoms with van der Waals surface area (Å²) in [6.45, 7) is 32.8. The molecule has 0 N–H and O–H groups in total. The van der Waals surface area contributed by atoms with E-state index < -0.39 is 0 Å². The Morgan fingerprint density at radius 1 is 0.299 bits per heavy atom. The Labute approximate surface area is 575 Å². The maximum Gasteiger partial charge on any atom is 0.256 e. The molecule has 0 atom stereocenters. The Morgan fingerprint density at radius 2 is 0.763 bits per heavy atom. The van der Waals surface area contributed by atoms with Gasteiger partial charge in [-0.2, -0.15) is 0 Å². The third-order valence-corrected chi connectivity index (χ3v) is 21.8.